The Bertz CT molecular complexity index is 803. The second kappa shape index (κ2) is 7.98. The Balaban J connectivity index is 1.53. The zero-order valence-electron chi connectivity index (χ0n) is 16.3. The Morgan fingerprint density at radius 1 is 1.26 bits per heavy atom. The van der Waals surface area contributed by atoms with Gasteiger partial charge in [-0.05, 0) is 58.1 Å². The Hall–Kier alpha value is -2.57. The lowest BCUT2D eigenvalue weighted by Gasteiger charge is -2.34. The van der Waals surface area contributed by atoms with E-state index in [0.717, 1.165) is 36.8 Å². The summed E-state index contributed by atoms with van der Waals surface area (Å²) < 4.78 is 11.3. The van der Waals surface area contributed by atoms with Crippen LogP contribution in [0.2, 0.25) is 0 Å². The van der Waals surface area contributed by atoms with Crippen LogP contribution in [0.4, 0.5) is 10.6 Å². The molecule has 1 atom stereocenters. The molecule has 0 saturated carbocycles. The summed E-state index contributed by atoms with van der Waals surface area (Å²) in [5.74, 6) is 1.04. The number of benzene rings is 1. The van der Waals surface area contributed by atoms with Crippen molar-refractivity contribution in [3.8, 4) is 5.88 Å². The molecular weight excluding hydrogens is 344 g/mol. The van der Waals surface area contributed by atoms with Crippen LogP contribution < -0.4 is 10.5 Å². The van der Waals surface area contributed by atoms with Gasteiger partial charge in [0.2, 0.25) is 0 Å². The molecule has 0 spiro atoms. The first-order valence-corrected chi connectivity index (χ1v) is 9.45. The van der Waals surface area contributed by atoms with Crippen molar-refractivity contribution in [2.24, 2.45) is 5.92 Å². The van der Waals surface area contributed by atoms with Gasteiger partial charge in [0.1, 0.15) is 5.60 Å². The van der Waals surface area contributed by atoms with Crippen molar-refractivity contribution in [3.05, 3.63) is 24.3 Å². The summed E-state index contributed by atoms with van der Waals surface area (Å²) in [4.78, 5) is 22.8. The molecule has 1 fully saturated rings. The Morgan fingerprint density at radius 2 is 1.96 bits per heavy atom. The predicted octanol–water partition coefficient (Wildman–Crippen LogP) is 3.63. The van der Waals surface area contributed by atoms with Crippen LogP contribution in [0.1, 0.15) is 40.0 Å². The number of carbonyl (C=O) groups excluding carboxylic acids is 1. The van der Waals surface area contributed by atoms with Crippen LogP contribution in [0.25, 0.3) is 11.0 Å². The van der Waals surface area contributed by atoms with Gasteiger partial charge in [0.15, 0.2) is 5.82 Å². The van der Waals surface area contributed by atoms with E-state index in [2.05, 4.69) is 9.97 Å². The quantitative estimate of drug-likeness (QED) is 0.881. The van der Waals surface area contributed by atoms with Crippen LogP contribution in [0.15, 0.2) is 24.3 Å². The number of amides is 1. The fraction of sp³-hybridized carbons (Fsp3) is 0.550. The number of carbonyl (C=O) groups is 1. The molecule has 1 aliphatic heterocycles. The highest BCUT2D eigenvalue weighted by Gasteiger charge is 2.27. The highest BCUT2D eigenvalue weighted by atomic mass is 16.6. The molecular formula is C20H28N4O3. The van der Waals surface area contributed by atoms with Gasteiger partial charge < -0.3 is 20.1 Å². The molecule has 1 amide bonds. The number of piperidine rings is 1. The molecule has 0 aliphatic carbocycles. The van der Waals surface area contributed by atoms with E-state index < -0.39 is 5.60 Å². The summed E-state index contributed by atoms with van der Waals surface area (Å²) in [6, 6.07) is 7.56. The number of fused-ring (bicyclic) bond motifs is 1. The summed E-state index contributed by atoms with van der Waals surface area (Å²) in [5, 5.41) is 0. The first kappa shape index (κ1) is 19.2. The van der Waals surface area contributed by atoms with Gasteiger partial charge in [0, 0.05) is 13.1 Å². The maximum absolute atomic E-state index is 12.3. The number of rotatable bonds is 4. The van der Waals surface area contributed by atoms with Crippen LogP contribution >= 0.6 is 0 Å². The molecule has 0 bridgehead atoms. The van der Waals surface area contributed by atoms with Gasteiger partial charge >= 0.3 is 6.09 Å². The molecule has 1 unspecified atom stereocenters. The average Bonchev–Trinajstić information content (AvgIpc) is 2.61. The number of nitrogens with zero attached hydrogens (tertiary/aromatic N) is 3. The highest BCUT2D eigenvalue weighted by molar-refractivity contribution is 5.76. The van der Waals surface area contributed by atoms with E-state index in [0.29, 0.717) is 30.8 Å². The average molecular weight is 372 g/mol. The number of likely N-dealkylation sites (tertiary alicyclic amines) is 1. The SMILES string of the molecule is CC(C)(C)OC(=O)N1CCCC(CCOc2nc3ccccc3nc2N)C1. The zero-order valence-corrected chi connectivity index (χ0v) is 16.3. The second-order valence-electron chi connectivity index (χ2n) is 7.97. The number of para-hydroxylation sites is 2. The smallest absolute Gasteiger partial charge is 0.410 e. The van der Waals surface area contributed by atoms with Gasteiger partial charge in [0.25, 0.3) is 5.88 Å². The van der Waals surface area contributed by atoms with E-state index in [9.17, 15) is 4.79 Å². The zero-order chi connectivity index (χ0) is 19.4. The van der Waals surface area contributed by atoms with Crippen molar-refractivity contribution in [2.75, 3.05) is 25.4 Å². The topological polar surface area (TPSA) is 90.6 Å². The normalized spacial score (nSPS) is 17.7. The van der Waals surface area contributed by atoms with Crippen LogP contribution in [-0.2, 0) is 4.74 Å². The summed E-state index contributed by atoms with van der Waals surface area (Å²) >= 11 is 0. The maximum Gasteiger partial charge on any atom is 0.410 e. The first-order chi connectivity index (χ1) is 12.8. The molecule has 27 heavy (non-hydrogen) atoms. The largest absolute Gasteiger partial charge is 0.475 e. The molecule has 2 aromatic rings. The lowest BCUT2D eigenvalue weighted by atomic mass is 9.95. The Morgan fingerprint density at radius 3 is 2.67 bits per heavy atom. The van der Waals surface area contributed by atoms with Crippen molar-refractivity contribution in [1.29, 1.82) is 0 Å². The Labute approximate surface area is 159 Å². The number of anilines is 1. The van der Waals surface area contributed by atoms with Gasteiger partial charge in [0.05, 0.1) is 17.6 Å². The fourth-order valence-corrected chi connectivity index (χ4v) is 3.22. The van der Waals surface area contributed by atoms with Gasteiger partial charge in [-0.15, -0.1) is 0 Å². The molecule has 146 valence electrons. The summed E-state index contributed by atoms with van der Waals surface area (Å²) in [7, 11) is 0. The van der Waals surface area contributed by atoms with E-state index in [-0.39, 0.29) is 6.09 Å². The molecule has 7 heteroatoms. The number of ether oxygens (including phenoxy) is 2. The van der Waals surface area contributed by atoms with Crippen molar-refractivity contribution < 1.29 is 14.3 Å². The van der Waals surface area contributed by atoms with Gasteiger partial charge in [-0.2, -0.15) is 0 Å². The third-order valence-corrected chi connectivity index (χ3v) is 4.50. The number of hydrogen-bond acceptors (Lipinski definition) is 6. The molecule has 1 aromatic heterocycles. The number of nitrogens with two attached hydrogens (primary N) is 1. The molecule has 3 rings (SSSR count). The first-order valence-electron chi connectivity index (χ1n) is 9.45. The predicted molar refractivity (Wildman–Crippen MR) is 105 cm³/mol. The minimum absolute atomic E-state index is 0.238. The molecule has 1 aromatic carbocycles. The van der Waals surface area contributed by atoms with Gasteiger partial charge in [-0.3, -0.25) is 0 Å². The van der Waals surface area contributed by atoms with E-state index in [1.807, 2.05) is 45.0 Å². The van der Waals surface area contributed by atoms with Gasteiger partial charge in [-0.1, -0.05) is 12.1 Å². The van der Waals surface area contributed by atoms with Crippen molar-refractivity contribution in [3.63, 3.8) is 0 Å². The molecule has 2 N–H and O–H groups in total. The summed E-state index contributed by atoms with van der Waals surface area (Å²) in [5.41, 5.74) is 7.00. The third-order valence-electron chi connectivity index (χ3n) is 4.50. The number of hydrogen-bond donors (Lipinski definition) is 1. The number of nitrogen functional groups attached to an aromatic ring is 1. The van der Waals surface area contributed by atoms with Crippen molar-refractivity contribution in [2.45, 2.75) is 45.6 Å². The third kappa shape index (κ3) is 5.21. The van der Waals surface area contributed by atoms with E-state index >= 15 is 0 Å². The minimum Gasteiger partial charge on any atom is -0.475 e. The van der Waals surface area contributed by atoms with E-state index in [1.54, 1.807) is 4.90 Å². The summed E-state index contributed by atoms with van der Waals surface area (Å²) in [6.45, 7) is 7.58. The minimum atomic E-state index is -0.473. The van der Waals surface area contributed by atoms with Crippen LogP contribution in [0.5, 0.6) is 5.88 Å². The molecule has 1 saturated heterocycles. The monoisotopic (exact) mass is 372 g/mol. The number of aromatic nitrogens is 2. The van der Waals surface area contributed by atoms with Crippen LogP contribution in [0, 0.1) is 5.92 Å². The molecule has 2 heterocycles. The van der Waals surface area contributed by atoms with Crippen molar-refractivity contribution in [1.82, 2.24) is 14.9 Å². The highest BCUT2D eigenvalue weighted by Crippen LogP contribution is 2.24. The molecule has 0 radical (unpaired) electrons. The van der Waals surface area contributed by atoms with Crippen molar-refractivity contribution >= 4 is 22.9 Å². The van der Waals surface area contributed by atoms with E-state index in [1.165, 1.54) is 0 Å². The fourth-order valence-electron chi connectivity index (χ4n) is 3.22. The van der Waals surface area contributed by atoms with E-state index in [4.69, 9.17) is 15.2 Å². The second-order valence-corrected chi connectivity index (χ2v) is 7.97. The maximum atomic E-state index is 12.3. The Kier molecular flexibility index (Phi) is 5.68. The lowest BCUT2D eigenvalue weighted by molar-refractivity contribution is 0.0154. The van der Waals surface area contributed by atoms with Crippen LogP contribution in [0.3, 0.4) is 0 Å². The molecule has 1 aliphatic rings. The van der Waals surface area contributed by atoms with Crippen LogP contribution in [-0.4, -0.2) is 46.3 Å². The standard InChI is InChI=1S/C20H28N4O3/c1-20(2,3)27-19(25)24-11-6-7-14(13-24)10-12-26-18-17(21)22-15-8-4-5-9-16(15)23-18/h4-5,8-9,14H,6-7,10-13H2,1-3H3,(H2,21,22). The van der Waals surface area contributed by atoms with Gasteiger partial charge in [-0.25, -0.2) is 14.8 Å². The lowest BCUT2D eigenvalue weighted by Crippen LogP contribution is -2.43. The summed E-state index contributed by atoms with van der Waals surface area (Å²) in [6.07, 6.45) is 2.63. The molecule has 7 nitrogen and oxygen atoms in total.